The second-order valence-electron chi connectivity index (χ2n) is 13.0. The molecule has 4 aliphatic rings. The van der Waals surface area contributed by atoms with E-state index in [-0.39, 0.29) is 28.9 Å². The number of amides is 1. The van der Waals surface area contributed by atoms with Crippen LogP contribution in [0.25, 0.3) is 0 Å². The van der Waals surface area contributed by atoms with Gasteiger partial charge in [0.15, 0.2) is 0 Å². The maximum Gasteiger partial charge on any atom is 0.224 e. The molecule has 1 aromatic rings. The van der Waals surface area contributed by atoms with Crippen molar-refractivity contribution in [3.8, 4) is 0 Å². The summed E-state index contributed by atoms with van der Waals surface area (Å²) >= 11 is 4.45. The van der Waals surface area contributed by atoms with E-state index in [1.807, 2.05) is 24.3 Å². The van der Waals surface area contributed by atoms with E-state index in [1.165, 1.54) is 25.7 Å². The highest BCUT2D eigenvalue weighted by Gasteiger charge is 2.62. The average molecular weight is 500 g/mol. The minimum atomic E-state index is -0.228. The molecule has 0 bridgehead atoms. The summed E-state index contributed by atoms with van der Waals surface area (Å²) in [5.74, 6) is 3.21. The topological polar surface area (TPSA) is 69.6 Å². The lowest BCUT2D eigenvalue weighted by Gasteiger charge is -2.62. The van der Waals surface area contributed by atoms with Crippen molar-refractivity contribution in [3.63, 3.8) is 0 Å². The lowest BCUT2D eigenvalue weighted by Crippen LogP contribution is -2.58. The quantitative estimate of drug-likeness (QED) is 0.358. The predicted molar refractivity (Wildman–Crippen MR) is 143 cm³/mol. The van der Waals surface area contributed by atoms with Gasteiger partial charge in [0.25, 0.3) is 0 Å². The fourth-order valence-corrected chi connectivity index (χ4v) is 9.74. The first-order chi connectivity index (χ1) is 16.6. The van der Waals surface area contributed by atoms with Gasteiger partial charge in [0, 0.05) is 11.3 Å². The summed E-state index contributed by atoms with van der Waals surface area (Å²) in [6.45, 7) is 7.33. The molecule has 0 unspecified atom stereocenters. The second-order valence-corrected chi connectivity index (χ2v) is 13.5. The zero-order valence-corrected chi connectivity index (χ0v) is 22.6. The van der Waals surface area contributed by atoms with Gasteiger partial charge in [-0.15, -0.1) is 12.6 Å². The van der Waals surface area contributed by atoms with Gasteiger partial charge in [0.05, 0.1) is 17.9 Å². The van der Waals surface area contributed by atoms with Gasteiger partial charge in [0.1, 0.15) is 0 Å². The molecular formula is C30H45NO3S. The van der Waals surface area contributed by atoms with Crippen LogP contribution in [0.3, 0.4) is 0 Å². The molecule has 4 saturated carbocycles. The van der Waals surface area contributed by atoms with Gasteiger partial charge in [-0.25, -0.2) is 0 Å². The van der Waals surface area contributed by atoms with Gasteiger partial charge >= 0.3 is 0 Å². The number of anilines is 1. The van der Waals surface area contributed by atoms with E-state index in [1.54, 1.807) is 0 Å². The number of carbonyl (C=O) groups is 1. The molecule has 0 heterocycles. The standard InChI is InChI=1S/C30H45NO3S/c1-18(8-11-27(34)31-24-6-4-5-7-26(24)35)21-9-10-22-28-23(13-15-30(21,22)3)29(2)14-12-20(32)16-19(29)17-25(28)33/h4-7,18-23,25,28,32-33,35H,8-17H2,1-3H3,(H,31,34)/t18-,19+,20-,21-,22+,23+,25+,28+,29+,30-/m1/s1. The fourth-order valence-electron chi connectivity index (χ4n) is 9.53. The number of benzene rings is 1. The van der Waals surface area contributed by atoms with Crippen LogP contribution in [-0.2, 0) is 4.79 Å². The van der Waals surface area contributed by atoms with Crippen molar-refractivity contribution in [2.24, 2.45) is 46.3 Å². The fraction of sp³-hybridized carbons (Fsp3) is 0.767. The lowest BCUT2D eigenvalue weighted by molar-refractivity contribution is -0.174. The number of hydrogen-bond acceptors (Lipinski definition) is 4. The number of aliphatic hydroxyl groups is 2. The van der Waals surface area contributed by atoms with Gasteiger partial charge in [-0.05, 0) is 116 Å². The number of fused-ring (bicyclic) bond motifs is 5. The molecule has 0 radical (unpaired) electrons. The predicted octanol–water partition coefficient (Wildman–Crippen LogP) is 6.32. The molecular weight excluding hydrogens is 454 g/mol. The Hall–Kier alpha value is -1.04. The van der Waals surface area contributed by atoms with Crippen LogP contribution in [0.2, 0.25) is 0 Å². The molecule has 0 saturated heterocycles. The Morgan fingerprint density at radius 3 is 2.54 bits per heavy atom. The molecule has 5 rings (SSSR count). The van der Waals surface area contributed by atoms with Gasteiger partial charge in [-0.3, -0.25) is 4.79 Å². The Kier molecular flexibility index (Phi) is 7.08. The molecule has 0 aliphatic heterocycles. The molecule has 0 spiro atoms. The van der Waals surface area contributed by atoms with Crippen LogP contribution < -0.4 is 5.32 Å². The first-order valence-corrected chi connectivity index (χ1v) is 14.5. The summed E-state index contributed by atoms with van der Waals surface area (Å²) in [5, 5.41) is 24.8. The van der Waals surface area contributed by atoms with E-state index in [2.05, 4.69) is 38.7 Å². The van der Waals surface area contributed by atoms with E-state index in [9.17, 15) is 15.0 Å². The number of thiol groups is 1. The van der Waals surface area contributed by atoms with E-state index in [4.69, 9.17) is 0 Å². The Morgan fingerprint density at radius 2 is 1.77 bits per heavy atom. The van der Waals surface area contributed by atoms with Crippen LogP contribution in [0.5, 0.6) is 0 Å². The van der Waals surface area contributed by atoms with Crippen LogP contribution in [0.1, 0.15) is 85.0 Å². The molecule has 5 heteroatoms. The van der Waals surface area contributed by atoms with Crippen LogP contribution in [0.4, 0.5) is 5.69 Å². The maximum atomic E-state index is 12.7. The smallest absolute Gasteiger partial charge is 0.224 e. The van der Waals surface area contributed by atoms with Crippen LogP contribution in [0, 0.1) is 46.3 Å². The van der Waals surface area contributed by atoms with E-state index in [0.717, 1.165) is 42.7 Å². The van der Waals surface area contributed by atoms with Crippen LogP contribution in [-0.4, -0.2) is 28.3 Å². The van der Waals surface area contributed by atoms with Crippen molar-refractivity contribution in [3.05, 3.63) is 24.3 Å². The third-order valence-electron chi connectivity index (χ3n) is 11.4. The summed E-state index contributed by atoms with van der Waals surface area (Å²) in [5.41, 5.74) is 1.32. The average Bonchev–Trinajstić information content (AvgIpc) is 3.17. The van der Waals surface area contributed by atoms with Crippen molar-refractivity contribution in [2.45, 2.75) is 102 Å². The van der Waals surface area contributed by atoms with Gasteiger partial charge in [-0.1, -0.05) is 32.9 Å². The van der Waals surface area contributed by atoms with Crippen molar-refractivity contribution in [1.82, 2.24) is 0 Å². The molecule has 4 aliphatic carbocycles. The molecule has 10 atom stereocenters. The van der Waals surface area contributed by atoms with E-state index in [0.29, 0.717) is 41.9 Å². The van der Waals surface area contributed by atoms with Crippen molar-refractivity contribution in [2.75, 3.05) is 5.32 Å². The zero-order valence-electron chi connectivity index (χ0n) is 21.7. The van der Waals surface area contributed by atoms with Gasteiger partial charge < -0.3 is 15.5 Å². The lowest BCUT2D eigenvalue weighted by atomic mass is 9.43. The first kappa shape index (κ1) is 25.6. The summed E-state index contributed by atoms with van der Waals surface area (Å²) in [6.07, 6.45) is 9.70. The highest BCUT2D eigenvalue weighted by molar-refractivity contribution is 7.80. The Bertz CT molecular complexity index is 938. The number of carbonyl (C=O) groups excluding carboxylic acids is 1. The van der Waals surface area contributed by atoms with Gasteiger partial charge in [-0.2, -0.15) is 0 Å². The van der Waals surface area contributed by atoms with Crippen LogP contribution >= 0.6 is 12.6 Å². The first-order valence-electron chi connectivity index (χ1n) is 14.1. The third-order valence-corrected chi connectivity index (χ3v) is 11.8. The monoisotopic (exact) mass is 499 g/mol. The molecule has 1 aromatic carbocycles. The third kappa shape index (κ3) is 4.48. The number of nitrogens with one attached hydrogen (secondary N) is 1. The summed E-state index contributed by atoms with van der Waals surface area (Å²) in [6, 6.07) is 7.65. The Labute approximate surface area is 217 Å². The summed E-state index contributed by atoms with van der Waals surface area (Å²) < 4.78 is 0. The van der Waals surface area contributed by atoms with Crippen molar-refractivity contribution < 1.29 is 15.0 Å². The Morgan fingerprint density at radius 1 is 1.06 bits per heavy atom. The maximum absolute atomic E-state index is 12.7. The van der Waals surface area contributed by atoms with E-state index < -0.39 is 0 Å². The minimum absolute atomic E-state index is 0.0721. The molecule has 0 aromatic heterocycles. The zero-order chi connectivity index (χ0) is 25.0. The van der Waals surface area contributed by atoms with Gasteiger partial charge in [0.2, 0.25) is 5.91 Å². The van der Waals surface area contributed by atoms with Crippen LogP contribution in [0.15, 0.2) is 29.2 Å². The van der Waals surface area contributed by atoms with Crippen molar-refractivity contribution in [1.29, 1.82) is 0 Å². The summed E-state index contributed by atoms with van der Waals surface area (Å²) in [4.78, 5) is 13.5. The molecule has 4 nitrogen and oxygen atoms in total. The molecule has 4 fully saturated rings. The second kappa shape index (κ2) is 9.68. The SMILES string of the molecule is C[C@H](CCC(=O)Nc1ccccc1S)[C@H]1CC[C@H]2[C@@H]3[C@@H](O)C[C@@H]4C[C@H](O)CC[C@]4(C)[C@H]3CC[C@]12C. The highest BCUT2D eigenvalue weighted by Crippen LogP contribution is 2.68. The number of hydrogen-bond donors (Lipinski definition) is 4. The Balaban J connectivity index is 1.25. The molecule has 1 amide bonds. The number of rotatable bonds is 5. The van der Waals surface area contributed by atoms with E-state index >= 15 is 0 Å². The van der Waals surface area contributed by atoms with Crippen molar-refractivity contribution >= 4 is 24.2 Å². The molecule has 35 heavy (non-hydrogen) atoms. The number of aliphatic hydroxyl groups excluding tert-OH is 2. The molecule has 3 N–H and O–H groups in total. The highest BCUT2D eigenvalue weighted by atomic mass is 32.1. The minimum Gasteiger partial charge on any atom is -0.393 e. The molecule has 194 valence electrons. The largest absolute Gasteiger partial charge is 0.393 e. The number of para-hydroxylation sites is 1. The normalized spacial score (nSPS) is 43.5. The summed E-state index contributed by atoms with van der Waals surface area (Å²) in [7, 11) is 0.